The van der Waals surface area contributed by atoms with Gasteiger partial charge < -0.3 is 5.32 Å². The lowest BCUT2D eigenvalue weighted by Crippen LogP contribution is -2.08. The molecule has 0 atom stereocenters. The molecule has 0 spiro atoms. The van der Waals surface area contributed by atoms with Gasteiger partial charge in [0, 0.05) is 43.8 Å². The second kappa shape index (κ2) is 4.99. The van der Waals surface area contributed by atoms with Gasteiger partial charge in [0.2, 0.25) is 0 Å². The Morgan fingerprint density at radius 2 is 2.25 bits per heavy atom. The number of hydrogen-bond acceptors (Lipinski definition) is 3. The van der Waals surface area contributed by atoms with Crippen LogP contribution in [0.2, 0.25) is 5.15 Å². The third-order valence-corrected chi connectivity index (χ3v) is 2.57. The monoisotopic (exact) mass is 236 g/mol. The maximum Gasteiger partial charge on any atom is 0.131 e. The molecule has 84 valence electrons. The van der Waals surface area contributed by atoms with Crippen LogP contribution in [0.4, 0.5) is 5.69 Å². The first-order chi connectivity index (χ1) is 7.75. The van der Waals surface area contributed by atoms with Gasteiger partial charge in [0.15, 0.2) is 0 Å². The fourth-order valence-corrected chi connectivity index (χ4v) is 1.67. The van der Waals surface area contributed by atoms with Gasteiger partial charge in [0.1, 0.15) is 5.15 Å². The highest BCUT2D eigenvalue weighted by Crippen LogP contribution is 2.11. The van der Waals surface area contributed by atoms with Crippen molar-refractivity contribution in [2.75, 3.05) is 11.9 Å². The van der Waals surface area contributed by atoms with Crippen LogP contribution in [0, 0.1) is 0 Å². The van der Waals surface area contributed by atoms with Gasteiger partial charge in [-0.15, -0.1) is 0 Å². The number of pyridine rings is 1. The number of nitrogens with zero attached hydrogens (tertiary/aromatic N) is 3. The van der Waals surface area contributed by atoms with Crippen LogP contribution in [-0.2, 0) is 13.5 Å². The van der Waals surface area contributed by atoms with E-state index >= 15 is 0 Å². The Bertz CT molecular complexity index is 467. The van der Waals surface area contributed by atoms with Gasteiger partial charge in [-0.1, -0.05) is 11.6 Å². The summed E-state index contributed by atoms with van der Waals surface area (Å²) in [6.07, 6.45) is 4.42. The van der Waals surface area contributed by atoms with E-state index in [1.54, 1.807) is 12.4 Å². The van der Waals surface area contributed by atoms with Gasteiger partial charge >= 0.3 is 0 Å². The Kier molecular flexibility index (Phi) is 3.41. The highest BCUT2D eigenvalue weighted by atomic mass is 35.5. The molecule has 0 saturated carbocycles. The van der Waals surface area contributed by atoms with Gasteiger partial charge in [0.25, 0.3) is 0 Å². The van der Waals surface area contributed by atoms with Crippen LogP contribution in [0.5, 0.6) is 0 Å². The fraction of sp³-hybridized carbons (Fsp3) is 0.273. The molecule has 0 amide bonds. The van der Waals surface area contributed by atoms with E-state index in [0.717, 1.165) is 18.7 Å². The Hall–Kier alpha value is -1.55. The van der Waals surface area contributed by atoms with Crippen molar-refractivity contribution in [3.8, 4) is 0 Å². The molecule has 0 aliphatic carbocycles. The lowest BCUT2D eigenvalue weighted by molar-refractivity contribution is 0.711. The highest BCUT2D eigenvalue weighted by molar-refractivity contribution is 6.29. The maximum absolute atomic E-state index is 5.78. The Morgan fingerprint density at radius 1 is 1.38 bits per heavy atom. The van der Waals surface area contributed by atoms with Crippen LogP contribution in [0.3, 0.4) is 0 Å². The van der Waals surface area contributed by atoms with E-state index in [1.807, 2.05) is 29.9 Å². The summed E-state index contributed by atoms with van der Waals surface area (Å²) >= 11 is 5.78. The van der Waals surface area contributed by atoms with Gasteiger partial charge in [-0.2, -0.15) is 5.10 Å². The normalized spacial score (nSPS) is 10.4. The predicted octanol–water partition coefficient (Wildman–Crippen LogP) is 2.12. The second-order valence-corrected chi connectivity index (χ2v) is 3.88. The fourth-order valence-electron chi connectivity index (χ4n) is 1.49. The van der Waals surface area contributed by atoms with Gasteiger partial charge in [-0.3, -0.25) is 4.68 Å². The van der Waals surface area contributed by atoms with E-state index in [0.29, 0.717) is 5.15 Å². The topological polar surface area (TPSA) is 42.7 Å². The minimum Gasteiger partial charge on any atom is -0.385 e. The van der Waals surface area contributed by atoms with Crippen LogP contribution in [0.1, 0.15) is 5.69 Å². The molecule has 2 aromatic heterocycles. The zero-order valence-electron chi connectivity index (χ0n) is 9.02. The third-order valence-electron chi connectivity index (χ3n) is 2.36. The van der Waals surface area contributed by atoms with Crippen molar-refractivity contribution in [2.24, 2.45) is 7.05 Å². The zero-order chi connectivity index (χ0) is 11.4. The van der Waals surface area contributed by atoms with Crippen molar-refractivity contribution in [1.82, 2.24) is 14.8 Å². The maximum atomic E-state index is 5.78. The molecule has 0 aliphatic heterocycles. The number of aromatic nitrogens is 3. The third kappa shape index (κ3) is 2.73. The molecule has 0 fully saturated rings. The van der Waals surface area contributed by atoms with Crippen LogP contribution in [0.25, 0.3) is 0 Å². The number of anilines is 1. The first-order valence-corrected chi connectivity index (χ1v) is 5.46. The number of rotatable bonds is 4. The number of halogens is 1. The standard InChI is InChI=1S/C11H13ClN4/c1-16-10(4-7-15-16)3-6-13-9-2-5-14-11(12)8-9/h2,4-5,7-8H,3,6H2,1H3,(H,13,14). The van der Waals surface area contributed by atoms with E-state index in [4.69, 9.17) is 11.6 Å². The number of aryl methyl sites for hydroxylation is 1. The largest absolute Gasteiger partial charge is 0.385 e. The van der Waals surface area contributed by atoms with Gasteiger partial charge in [-0.25, -0.2) is 4.98 Å². The molecule has 2 rings (SSSR count). The minimum absolute atomic E-state index is 0.505. The van der Waals surface area contributed by atoms with E-state index in [9.17, 15) is 0 Å². The first kappa shape index (κ1) is 11.0. The zero-order valence-corrected chi connectivity index (χ0v) is 9.78. The molecule has 1 N–H and O–H groups in total. The average molecular weight is 237 g/mol. The quantitative estimate of drug-likeness (QED) is 0.827. The summed E-state index contributed by atoms with van der Waals surface area (Å²) in [6, 6.07) is 5.72. The molecule has 0 aromatic carbocycles. The summed E-state index contributed by atoms with van der Waals surface area (Å²) in [5, 5.41) is 7.90. The van der Waals surface area contributed by atoms with Crippen LogP contribution < -0.4 is 5.32 Å². The smallest absolute Gasteiger partial charge is 0.131 e. The summed E-state index contributed by atoms with van der Waals surface area (Å²) in [5.41, 5.74) is 2.19. The molecule has 16 heavy (non-hydrogen) atoms. The van der Waals surface area contributed by atoms with Crippen LogP contribution in [0.15, 0.2) is 30.6 Å². The van der Waals surface area contributed by atoms with E-state index in [1.165, 1.54) is 5.69 Å². The highest BCUT2D eigenvalue weighted by Gasteiger charge is 1.98. The van der Waals surface area contributed by atoms with Gasteiger partial charge in [0.05, 0.1) is 0 Å². The summed E-state index contributed by atoms with van der Waals surface area (Å²) in [7, 11) is 1.94. The molecule has 0 saturated heterocycles. The molecule has 0 radical (unpaired) electrons. The lowest BCUT2D eigenvalue weighted by Gasteiger charge is -2.06. The van der Waals surface area contributed by atoms with Crippen LogP contribution >= 0.6 is 11.6 Å². The Morgan fingerprint density at radius 3 is 2.94 bits per heavy atom. The lowest BCUT2D eigenvalue weighted by atomic mass is 10.3. The van der Waals surface area contributed by atoms with Crippen LogP contribution in [-0.4, -0.2) is 21.3 Å². The van der Waals surface area contributed by atoms with Crippen molar-refractivity contribution < 1.29 is 0 Å². The molecule has 4 nitrogen and oxygen atoms in total. The Balaban J connectivity index is 1.87. The second-order valence-electron chi connectivity index (χ2n) is 3.49. The van der Waals surface area contributed by atoms with Gasteiger partial charge in [-0.05, 0) is 18.2 Å². The van der Waals surface area contributed by atoms with Crippen molar-refractivity contribution >= 4 is 17.3 Å². The number of nitrogens with one attached hydrogen (secondary N) is 1. The van der Waals surface area contributed by atoms with E-state index in [2.05, 4.69) is 15.4 Å². The minimum atomic E-state index is 0.505. The first-order valence-electron chi connectivity index (χ1n) is 5.08. The molecular formula is C11H13ClN4. The van der Waals surface area contributed by atoms with E-state index in [-0.39, 0.29) is 0 Å². The van der Waals surface area contributed by atoms with Crippen molar-refractivity contribution in [3.05, 3.63) is 41.4 Å². The molecule has 0 bridgehead atoms. The molecule has 2 heterocycles. The van der Waals surface area contributed by atoms with Crippen molar-refractivity contribution in [2.45, 2.75) is 6.42 Å². The molecular weight excluding hydrogens is 224 g/mol. The predicted molar refractivity (Wildman–Crippen MR) is 64.6 cm³/mol. The number of hydrogen-bond donors (Lipinski definition) is 1. The molecule has 0 aliphatic rings. The Labute approximate surface area is 99.3 Å². The molecule has 0 unspecified atom stereocenters. The molecule has 2 aromatic rings. The summed E-state index contributed by atoms with van der Waals surface area (Å²) in [4.78, 5) is 3.92. The summed E-state index contributed by atoms with van der Waals surface area (Å²) in [6.45, 7) is 0.847. The molecule has 5 heteroatoms. The summed E-state index contributed by atoms with van der Waals surface area (Å²) < 4.78 is 1.88. The average Bonchev–Trinajstić information content (AvgIpc) is 2.65. The van der Waals surface area contributed by atoms with E-state index < -0.39 is 0 Å². The SMILES string of the molecule is Cn1nccc1CCNc1ccnc(Cl)c1. The van der Waals surface area contributed by atoms with Crippen molar-refractivity contribution in [1.29, 1.82) is 0 Å². The summed E-state index contributed by atoms with van der Waals surface area (Å²) in [5.74, 6) is 0. The van der Waals surface area contributed by atoms with Crippen molar-refractivity contribution in [3.63, 3.8) is 0 Å².